The number of nitro benzene ring substituents is 1. The van der Waals surface area contributed by atoms with E-state index in [9.17, 15) is 10.1 Å². The lowest BCUT2D eigenvalue weighted by Gasteiger charge is -2.50. The third-order valence-electron chi connectivity index (χ3n) is 6.69. The Hall–Kier alpha value is -2.39. The summed E-state index contributed by atoms with van der Waals surface area (Å²) in [4.78, 5) is 12.9. The molecule has 9 heteroatoms. The summed E-state index contributed by atoms with van der Waals surface area (Å²) in [6.07, 6.45) is 0.972. The molecule has 32 heavy (non-hydrogen) atoms. The van der Waals surface area contributed by atoms with E-state index in [0.29, 0.717) is 5.69 Å². The first-order valence-corrected chi connectivity index (χ1v) is 11.6. The molecule has 3 aliphatic heterocycles. The lowest BCUT2D eigenvalue weighted by molar-refractivity contribution is -0.939. The molecule has 0 aromatic heterocycles. The van der Waals surface area contributed by atoms with E-state index in [1.54, 1.807) is 0 Å². The van der Waals surface area contributed by atoms with E-state index in [1.165, 1.54) is 74.1 Å². The Balaban J connectivity index is 1.26. The van der Waals surface area contributed by atoms with E-state index in [-0.39, 0.29) is 10.7 Å². The van der Waals surface area contributed by atoms with E-state index >= 15 is 0 Å². The molecule has 0 amide bonds. The van der Waals surface area contributed by atoms with E-state index in [1.807, 2.05) is 13.0 Å². The molecule has 0 saturated carbocycles. The van der Waals surface area contributed by atoms with Crippen LogP contribution in [0.5, 0.6) is 0 Å². The Labute approximate surface area is 193 Å². The summed E-state index contributed by atoms with van der Waals surface area (Å²) in [5, 5.41) is 23.1. The van der Waals surface area contributed by atoms with Crippen molar-refractivity contribution in [1.29, 1.82) is 0 Å². The zero-order valence-corrected chi connectivity index (χ0v) is 19.2. The average molecular weight is 458 g/mol. The molecule has 0 unspecified atom stereocenters. The topological polar surface area (TPSA) is 83.1 Å². The van der Waals surface area contributed by atoms with Crippen LogP contribution >= 0.6 is 11.6 Å². The van der Waals surface area contributed by atoms with Crippen LogP contribution in [0.25, 0.3) is 0 Å². The molecule has 0 spiro atoms. The Morgan fingerprint density at radius 1 is 1.06 bits per heavy atom. The maximum atomic E-state index is 10.8. The molecule has 2 aromatic rings. The van der Waals surface area contributed by atoms with Gasteiger partial charge in [0.05, 0.1) is 41.8 Å². The van der Waals surface area contributed by atoms with Crippen molar-refractivity contribution < 1.29 is 9.41 Å². The van der Waals surface area contributed by atoms with Crippen molar-refractivity contribution in [2.75, 3.05) is 58.9 Å². The second-order valence-corrected chi connectivity index (χ2v) is 9.20. The van der Waals surface area contributed by atoms with Gasteiger partial charge in [0.25, 0.3) is 5.69 Å². The summed E-state index contributed by atoms with van der Waals surface area (Å²) in [5.41, 5.74) is 3.41. The third kappa shape index (κ3) is 5.50. The number of fused-ring (bicyclic) bond motifs is 3. The maximum Gasteiger partial charge on any atom is 0.271 e. The molecule has 1 N–H and O–H groups in total. The highest BCUT2D eigenvalue weighted by atomic mass is 35.5. The largest absolute Gasteiger partial charge is 0.319 e. The number of halogens is 1. The van der Waals surface area contributed by atoms with Gasteiger partial charge < -0.3 is 9.80 Å². The fourth-order valence-electron chi connectivity index (χ4n) is 4.52. The maximum absolute atomic E-state index is 10.8. The van der Waals surface area contributed by atoms with Crippen molar-refractivity contribution in [2.24, 2.45) is 10.2 Å². The van der Waals surface area contributed by atoms with Crippen molar-refractivity contribution in [3.63, 3.8) is 0 Å². The summed E-state index contributed by atoms with van der Waals surface area (Å²) >= 11 is 6.09. The normalized spacial score (nSPS) is 22.5. The SMILES string of the molecule is Cc1cc(CCNCC[N+]23CCN(CC2)CC3)ccc1N=Nc1ccc([N+](=O)[O-])cc1Cl. The van der Waals surface area contributed by atoms with E-state index in [2.05, 4.69) is 32.6 Å². The van der Waals surface area contributed by atoms with Crippen molar-refractivity contribution >= 4 is 28.7 Å². The first-order valence-electron chi connectivity index (χ1n) is 11.2. The predicted molar refractivity (Wildman–Crippen MR) is 126 cm³/mol. The zero-order valence-electron chi connectivity index (χ0n) is 18.5. The highest BCUT2D eigenvalue weighted by Crippen LogP contribution is 2.31. The minimum absolute atomic E-state index is 0.0641. The molecular formula is C23H30ClN6O2+. The van der Waals surface area contributed by atoms with Gasteiger partial charge in [0, 0.05) is 38.3 Å². The number of nitrogens with zero attached hydrogens (tertiary/aromatic N) is 5. The third-order valence-corrected chi connectivity index (χ3v) is 7.00. The number of nitro groups is 1. The quantitative estimate of drug-likeness (QED) is 0.200. The van der Waals surface area contributed by atoms with Gasteiger partial charge >= 0.3 is 0 Å². The molecule has 2 aromatic carbocycles. The molecule has 2 bridgehead atoms. The first-order chi connectivity index (χ1) is 15.4. The van der Waals surface area contributed by atoms with Gasteiger partial charge in [0.2, 0.25) is 0 Å². The number of non-ortho nitro benzene ring substituents is 1. The number of hydrogen-bond donors (Lipinski definition) is 1. The predicted octanol–water partition coefficient (Wildman–Crippen LogP) is 4.25. The van der Waals surface area contributed by atoms with Crippen molar-refractivity contribution in [3.8, 4) is 0 Å². The number of piperazine rings is 3. The molecular weight excluding hydrogens is 428 g/mol. The van der Waals surface area contributed by atoms with Crippen LogP contribution in [0.4, 0.5) is 17.1 Å². The van der Waals surface area contributed by atoms with Crippen molar-refractivity contribution in [3.05, 3.63) is 62.7 Å². The van der Waals surface area contributed by atoms with Crippen molar-refractivity contribution in [1.82, 2.24) is 10.2 Å². The van der Waals surface area contributed by atoms with Gasteiger partial charge in [-0.05, 0) is 43.1 Å². The minimum Gasteiger partial charge on any atom is -0.319 e. The fourth-order valence-corrected chi connectivity index (χ4v) is 4.74. The molecule has 170 valence electrons. The van der Waals surface area contributed by atoms with E-state index in [4.69, 9.17) is 11.6 Å². The summed E-state index contributed by atoms with van der Waals surface area (Å²) in [6, 6.07) is 10.3. The number of benzene rings is 2. The van der Waals surface area contributed by atoms with Crippen LogP contribution in [-0.4, -0.2) is 73.2 Å². The number of aryl methyl sites for hydroxylation is 1. The summed E-state index contributed by atoms with van der Waals surface area (Å²) in [6.45, 7) is 13.0. The molecule has 0 radical (unpaired) electrons. The van der Waals surface area contributed by atoms with Crippen LogP contribution in [0, 0.1) is 17.0 Å². The number of quaternary nitrogens is 1. The molecule has 3 heterocycles. The molecule has 5 rings (SSSR count). The lowest BCUT2D eigenvalue weighted by Crippen LogP contribution is -2.68. The number of azo groups is 1. The Morgan fingerprint density at radius 2 is 1.75 bits per heavy atom. The van der Waals surface area contributed by atoms with Crippen molar-refractivity contribution in [2.45, 2.75) is 13.3 Å². The smallest absolute Gasteiger partial charge is 0.271 e. The van der Waals surface area contributed by atoms with Crippen LogP contribution in [0.1, 0.15) is 11.1 Å². The molecule has 0 aliphatic carbocycles. The molecule has 0 atom stereocenters. The minimum atomic E-state index is -0.484. The average Bonchev–Trinajstić information content (AvgIpc) is 2.80. The Kier molecular flexibility index (Phi) is 7.15. The van der Waals surface area contributed by atoms with Crippen LogP contribution in [0.3, 0.4) is 0 Å². The molecule has 3 saturated heterocycles. The zero-order chi connectivity index (χ0) is 22.6. The van der Waals surface area contributed by atoms with Crippen LogP contribution < -0.4 is 5.32 Å². The highest BCUT2D eigenvalue weighted by Gasteiger charge is 2.37. The summed E-state index contributed by atoms with van der Waals surface area (Å²) in [5.74, 6) is 0. The Bertz CT molecular complexity index is 990. The number of hydrogen-bond acceptors (Lipinski definition) is 6. The second-order valence-electron chi connectivity index (χ2n) is 8.79. The van der Waals surface area contributed by atoms with Gasteiger partial charge in [-0.2, -0.15) is 5.11 Å². The van der Waals surface area contributed by atoms with E-state index in [0.717, 1.165) is 30.8 Å². The van der Waals surface area contributed by atoms with Crippen LogP contribution in [0.2, 0.25) is 5.02 Å². The number of nitrogens with one attached hydrogen (secondary N) is 1. The van der Waals surface area contributed by atoms with Gasteiger partial charge in [0.15, 0.2) is 0 Å². The first kappa shape index (κ1) is 22.8. The number of rotatable bonds is 9. The summed E-state index contributed by atoms with van der Waals surface area (Å²) < 4.78 is 1.29. The molecule has 3 fully saturated rings. The molecule has 8 nitrogen and oxygen atoms in total. The van der Waals surface area contributed by atoms with Crippen LogP contribution in [-0.2, 0) is 6.42 Å². The van der Waals surface area contributed by atoms with Crippen LogP contribution in [0.15, 0.2) is 46.6 Å². The monoisotopic (exact) mass is 457 g/mol. The Morgan fingerprint density at radius 3 is 2.41 bits per heavy atom. The van der Waals surface area contributed by atoms with E-state index < -0.39 is 4.92 Å². The standard InChI is InChI=1S/C23H30ClN6O2/c1-18-16-19(6-7-25-8-12-30-13-9-28(10-14-30)11-15-30)2-4-22(18)26-27-23-5-3-20(29(31)32)17-21(23)24/h2-5,16-17,25H,6-15H2,1H3/q+1. The fraction of sp³-hybridized carbons (Fsp3) is 0.478. The highest BCUT2D eigenvalue weighted by molar-refractivity contribution is 6.33. The summed E-state index contributed by atoms with van der Waals surface area (Å²) in [7, 11) is 0. The second kappa shape index (κ2) is 10.0. The lowest BCUT2D eigenvalue weighted by atomic mass is 10.1. The van der Waals surface area contributed by atoms with Gasteiger partial charge in [-0.25, -0.2) is 0 Å². The van der Waals surface area contributed by atoms with Gasteiger partial charge in [-0.3, -0.25) is 15.0 Å². The van der Waals surface area contributed by atoms with Gasteiger partial charge in [-0.1, -0.05) is 23.7 Å². The molecule has 3 aliphatic rings. The van der Waals surface area contributed by atoms with Gasteiger partial charge in [-0.15, -0.1) is 5.11 Å². The van der Waals surface area contributed by atoms with Gasteiger partial charge in [0.1, 0.15) is 5.69 Å².